The van der Waals surface area contributed by atoms with Gasteiger partial charge in [-0.2, -0.15) is 0 Å². The number of thioether (sulfide) groups is 2. The Kier molecular flexibility index (Phi) is 5.68. The van der Waals surface area contributed by atoms with E-state index in [1.165, 1.54) is 25.8 Å². The van der Waals surface area contributed by atoms with E-state index in [-0.39, 0.29) is 5.12 Å². The van der Waals surface area contributed by atoms with Crippen LogP contribution in [0.4, 0.5) is 0 Å². The minimum Gasteiger partial charge on any atom is -0.493 e. The molecule has 0 radical (unpaired) electrons. The van der Waals surface area contributed by atoms with E-state index in [0.717, 1.165) is 21.9 Å². The van der Waals surface area contributed by atoms with Gasteiger partial charge in [0.2, 0.25) is 5.12 Å². The summed E-state index contributed by atoms with van der Waals surface area (Å²) in [5.74, 6) is 1.20. The first-order chi connectivity index (χ1) is 10.5. The van der Waals surface area contributed by atoms with Crippen molar-refractivity contribution in [3.63, 3.8) is 0 Å². The van der Waals surface area contributed by atoms with Crippen LogP contribution in [0.15, 0.2) is 28.9 Å². The molecular formula is C15H15NO4S2. The molecule has 116 valence electrons. The number of aliphatic imine (C=N–C) groups is 1. The highest BCUT2D eigenvalue weighted by Crippen LogP contribution is 2.33. The molecular weight excluding hydrogens is 322 g/mol. The molecule has 0 unspecified atom stereocenters. The van der Waals surface area contributed by atoms with Gasteiger partial charge in [-0.3, -0.25) is 9.59 Å². The van der Waals surface area contributed by atoms with Gasteiger partial charge in [0, 0.05) is 6.92 Å². The number of nitrogens with zero attached hydrogens (tertiary/aromatic N) is 1. The lowest BCUT2D eigenvalue weighted by Crippen LogP contribution is -2.03. The summed E-state index contributed by atoms with van der Waals surface area (Å²) in [6.45, 7) is 3.33. The molecule has 22 heavy (non-hydrogen) atoms. The van der Waals surface area contributed by atoms with Crippen molar-refractivity contribution in [2.45, 2.75) is 13.8 Å². The van der Waals surface area contributed by atoms with Crippen LogP contribution < -0.4 is 9.47 Å². The van der Waals surface area contributed by atoms with Crippen LogP contribution in [-0.4, -0.2) is 28.3 Å². The zero-order valence-electron chi connectivity index (χ0n) is 12.4. The molecule has 1 aliphatic heterocycles. The van der Waals surface area contributed by atoms with E-state index in [1.807, 2.05) is 6.92 Å². The maximum atomic E-state index is 11.9. The summed E-state index contributed by atoms with van der Waals surface area (Å²) < 4.78 is 11.0. The summed E-state index contributed by atoms with van der Waals surface area (Å²) >= 11 is 2.67. The Balaban J connectivity index is 2.31. The summed E-state index contributed by atoms with van der Waals surface area (Å²) in [5, 5.41) is -0.0826. The van der Waals surface area contributed by atoms with Crippen LogP contribution in [0.5, 0.6) is 11.5 Å². The van der Waals surface area contributed by atoms with Crippen LogP contribution in [0.25, 0.3) is 6.08 Å². The van der Waals surface area contributed by atoms with E-state index < -0.39 is 5.97 Å². The third-order valence-electron chi connectivity index (χ3n) is 2.61. The summed E-state index contributed by atoms with van der Waals surface area (Å²) in [5.41, 5.74) is 1.10. The Morgan fingerprint density at radius 3 is 2.82 bits per heavy atom. The van der Waals surface area contributed by atoms with E-state index in [1.54, 1.807) is 24.3 Å². The zero-order chi connectivity index (χ0) is 16.1. The Morgan fingerprint density at radius 2 is 2.18 bits per heavy atom. The molecule has 0 saturated heterocycles. The van der Waals surface area contributed by atoms with E-state index in [0.29, 0.717) is 22.8 Å². The van der Waals surface area contributed by atoms with E-state index >= 15 is 0 Å². The average Bonchev–Trinajstić information content (AvgIpc) is 2.79. The fourth-order valence-corrected chi connectivity index (χ4v) is 3.49. The van der Waals surface area contributed by atoms with Gasteiger partial charge in [-0.15, -0.1) is 0 Å². The summed E-state index contributed by atoms with van der Waals surface area (Å²) in [6.07, 6.45) is 1.67. The lowest BCUT2D eigenvalue weighted by molar-refractivity contribution is -0.132. The van der Waals surface area contributed by atoms with Gasteiger partial charge in [0.05, 0.1) is 7.11 Å². The Bertz CT molecular complexity index is 668. The van der Waals surface area contributed by atoms with Crippen molar-refractivity contribution in [1.82, 2.24) is 0 Å². The van der Waals surface area contributed by atoms with Gasteiger partial charge >= 0.3 is 5.97 Å². The number of methoxy groups -OCH3 is 1. The Morgan fingerprint density at radius 1 is 1.41 bits per heavy atom. The number of benzene rings is 1. The highest BCUT2D eigenvalue weighted by Gasteiger charge is 2.22. The quantitative estimate of drug-likeness (QED) is 0.477. The molecule has 0 spiro atoms. The van der Waals surface area contributed by atoms with Gasteiger partial charge in [0.25, 0.3) is 0 Å². The smallest absolute Gasteiger partial charge is 0.308 e. The van der Waals surface area contributed by atoms with E-state index in [4.69, 9.17) is 9.47 Å². The molecule has 0 atom stereocenters. The zero-order valence-corrected chi connectivity index (χ0v) is 14.0. The van der Waals surface area contributed by atoms with Crippen molar-refractivity contribution in [3.05, 3.63) is 29.5 Å². The third kappa shape index (κ3) is 4.14. The van der Waals surface area contributed by atoms with Crippen LogP contribution in [0.2, 0.25) is 0 Å². The molecule has 0 saturated carbocycles. The van der Waals surface area contributed by atoms with Crippen LogP contribution in [0.3, 0.4) is 0 Å². The van der Waals surface area contributed by atoms with Crippen LogP contribution in [0.1, 0.15) is 19.4 Å². The predicted molar refractivity (Wildman–Crippen MR) is 90.4 cm³/mol. The van der Waals surface area contributed by atoms with Crippen molar-refractivity contribution in [1.29, 1.82) is 0 Å². The topological polar surface area (TPSA) is 65.0 Å². The lowest BCUT2D eigenvalue weighted by Gasteiger charge is -2.08. The standard InChI is InChI=1S/C15H15NO4S2/c1-4-21-15-16-11(14(18)22-15)7-10-5-6-12(19-3)13(8-10)20-9(2)17/h5-8H,4H2,1-3H3/b11-7-. The molecule has 2 rings (SSSR count). The second-order valence-electron chi connectivity index (χ2n) is 4.23. The number of rotatable bonds is 4. The number of esters is 1. The molecule has 0 N–H and O–H groups in total. The Labute approximate surface area is 137 Å². The van der Waals surface area contributed by atoms with Crippen molar-refractivity contribution < 1.29 is 19.1 Å². The average molecular weight is 337 g/mol. The van der Waals surface area contributed by atoms with E-state index in [9.17, 15) is 9.59 Å². The molecule has 0 fully saturated rings. The van der Waals surface area contributed by atoms with Crippen molar-refractivity contribution in [2.24, 2.45) is 4.99 Å². The number of carbonyl (C=O) groups excluding carboxylic acids is 2. The normalized spacial score (nSPS) is 15.9. The molecule has 7 heteroatoms. The van der Waals surface area contributed by atoms with Crippen molar-refractivity contribution in [3.8, 4) is 11.5 Å². The number of hydrogen-bond donors (Lipinski definition) is 0. The number of ether oxygens (including phenoxy) is 2. The van der Waals surface area contributed by atoms with Crippen molar-refractivity contribution in [2.75, 3.05) is 12.9 Å². The molecule has 0 bridgehead atoms. The van der Waals surface area contributed by atoms with Gasteiger partial charge in [0.1, 0.15) is 10.1 Å². The fraction of sp³-hybridized carbons (Fsp3) is 0.267. The van der Waals surface area contributed by atoms with Crippen LogP contribution >= 0.6 is 23.5 Å². The van der Waals surface area contributed by atoms with E-state index in [2.05, 4.69) is 4.99 Å². The minimum absolute atomic E-state index is 0.0826. The first-order valence-corrected chi connectivity index (χ1v) is 8.35. The Hall–Kier alpha value is -1.73. The van der Waals surface area contributed by atoms with Gasteiger partial charge in [-0.05, 0) is 41.3 Å². The summed E-state index contributed by atoms with van der Waals surface area (Å²) in [4.78, 5) is 27.3. The van der Waals surface area contributed by atoms with Crippen molar-refractivity contribution >= 4 is 45.1 Å². The maximum absolute atomic E-state index is 11.9. The highest BCUT2D eigenvalue weighted by atomic mass is 32.2. The predicted octanol–water partition coefficient (Wildman–Crippen LogP) is 3.34. The van der Waals surface area contributed by atoms with Crippen LogP contribution in [-0.2, 0) is 9.59 Å². The fourth-order valence-electron chi connectivity index (χ4n) is 1.75. The molecule has 1 heterocycles. The monoisotopic (exact) mass is 337 g/mol. The van der Waals surface area contributed by atoms with Gasteiger partial charge in [-0.25, -0.2) is 4.99 Å². The molecule has 0 amide bonds. The number of carbonyl (C=O) groups is 2. The lowest BCUT2D eigenvalue weighted by atomic mass is 10.1. The van der Waals surface area contributed by atoms with Gasteiger partial charge < -0.3 is 9.47 Å². The SMILES string of the molecule is CCSC1=N/C(=C\c2ccc(OC)c(OC(C)=O)c2)C(=O)S1. The molecule has 1 aliphatic rings. The second-order valence-corrected chi connectivity index (χ2v) is 6.71. The van der Waals surface area contributed by atoms with Crippen LogP contribution in [0, 0.1) is 0 Å². The summed E-state index contributed by atoms with van der Waals surface area (Å²) in [7, 11) is 1.50. The molecule has 0 aliphatic carbocycles. The summed E-state index contributed by atoms with van der Waals surface area (Å²) in [6, 6.07) is 5.10. The third-order valence-corrected chi connectivity index (χ3v) is 4.50. The molecule has 5 nitrogen and oxygen atoms in total. The first kappa shape index (κ1) is 16.6. The molecule has 1 aromatic carbocycles. The first-order valence-electron chi connectivity index (χ1n) is 6.55. The minimum atomic E-state index is -0.435. The molecule has 0 aromatic heterocycles. The molecule has 1 aromatic rings. The largest absolute Gasteiger partial charge is 0.493 e. The highest BCUT2D eigenvalue weighted by molar-refractivity contribution is 8.45. The van der Waals surface area contributed by atoms with Gasteiger partial charge in [0.15, 0.2) is 11.5 Å². The maximum Gasteiger partial charge on any atom is 0.308 e. The number of hydrogen-bond acceptors (Lipinski definition) is 7. The second kappa shape index (κ2) is 7.51. The van der Waals surface area contributed by atoms with Gasteiger partial charge in [-0.1, -0.05) is 24.8 Å².